The molecular formula is C18H33ClFN2O8PS. The summed E-state index contributed by atoms with van der Waals surface area (Å²) >= 11 is 7.27. The van der Waals surface area contributed by atoms with Crippen molar-refractivity contribution >= 4 is 37.1 Å². The molecule has 2 heterocycles. The number of hydrogen-bond acceptors (Lipinski definition) is 8. The number of ether oxygens (including phenoxy) is 1. The highest BCUT2D eigenvalue weighted by molar-refractivity contribution is 7.99. The van der Waals surface area contributed by atoms with E-state index < -0.39 is 66.7 Å². The Morgan fingerprint density at radius 1 is 1.44 bits per heavy atom. The Kier molecular flexibility index (Phi) is 10.2. The predicted molar refractivity (Wildman–Crippen MR) is 118 cm³/mol. The molecule has 0 bridgehead atoms. The van der Waals surface area contributed by atoms with E-state index in [0.717, 1.165) is 11.8 Å². The lowest BCUT2D eigenvalue weighted by Gasteiger charge is -2.45. The second kappa shape index (κ2) is 11.6. The van der Waals surface area contributed by atoms with Crippen LogP contribution in [0.4, 0.5) is 4.39 Å². The number of halogens is 2. The van der Waals surface area contributed by atoms with Crippen molar-refractivity contribution in [3.05, 3.63) is 0 Å². The Labute approximate surface area is 196 Å². The van der Waals surface area contributed by atoms with Gasteiger partial charge in [-0.2, -0.15) is 0 Å². The van der Waals surface area contributed by atoms with Gasteiger partial charge in [0.25, 0.3) is 0 Å². The van der Waals surface area contributed by atoms with Crippen LogP contribution in [0.25, 0.3) is 0 Å². The molecule has 0 radical (unpaired) electrons. The first-order chi connectivity index (χ1) is 14.8. The zero-order valence-electron chi connectivity index (χ0n) is 18.2. The minimum atomic E-state index is -4.97. The first-order valence-corrected chi connectivity index (χ1v) is 13.7. The predicted octanol–water partition coefficient (Wildman–Crippen LogP) is 0.646. The zero-order valence-corrected chi connectivity index (χ0v) is 20.7. The number of amides is 1. The van der Waals surface area contributed by atoms with E-state index in [4.69, 9.17) is 26.1 Å². The third kappa shape index (κ3) is 7.24. The summed E-state index contributed by atoms with van der Waals surface area (Å²) in [5.41, 5.74) is -2.50. The van der Waals surface area contributed by atoms with Crippen LogP contribution in [0.3, 0.4) is 0 Å². The second-order valence-corrected chi connectivity index (χ2v) is 11.1. The first kappa shape index (κ1) is 28.2. The Hall–Kier alpha value is -0.0100. The number of aliphatic hydroxyl groups is 2. The van der Waals surface area contributed by atoms with Gasteiger partial charge in [0.2, 0.25) is 5.91 Å². The molecule has 2 fully saturated rings. The van der Waals surface area contributed by atoms with Gasteiger partial charge in [-0.05, 0) is 32.6 Å². The molecule has 10 nitrogen and oxygen atoms in total. The largest absolute Gasteiger partial charge is 0.470 e. The van der Waals surface area contributed by atoms with Crippen LogP contribution < -0.4 is 10.6 Å². The molecule has 6 N–H and O–H groups in total. The van der Waals surface area contributed by atoms with Gasteiger partial charge in [-0.15, -0.1) is 23.4 Å². The van der Waals surface area contributed by atoms with E-state index in [-0.39, 0.29) is 6.42 Å². The fourth-order valence-corrected chi connectivity index (χ4v) is 5.78. The van der Waals surface area contributed by atoms with Crippen LogP contribution in [0.1, 0.15) is 39.5 Å². The van der Waals surface area contributed by atoms with Crippen molar-refractivity contribution in [3.63, 3.8) is 0 Å². The molecule has 1 amide bonds. The van der Waals surface area contributed by atoms with Crippen LogP contribution >= 0.6 is 31.2 Å². The van der Waals surface area contributed by atoms with Gasteiger partial charge in [0.15, 0.2) is 0 Å². The Morgan fingerprint density at radius 2 is 2.09 bits per heavy atom. The van der Waals surface area contributed by atoms with Crippen LogP contribution in [0, 0.1) is 0 Å². The van der Waals surface area contributed by atoms with Crippen LogP contribution in [-0.2, 0) is 18.6 Å². The SMILES string of the molecule is CCCC1(F)CCNC(C(=O)NC(C(C)Cl)C2OC(SC)C(OP(=O)(O)O)C(O)C2O)C1. The average molecular weight is 523 g/mol. The average Bonchev–Trinajstić information content (AvgIpc) is 2.69. The maximum Gasteiger partial charge on any atom is 0.470 e. The summed E-state index contributed by atoms with van der Waals surface area (Å²) in [6.07, 6.45) is -3.22. The van der Waals surface area contributed by atoms with Gasteiger partial charge in [0.05, 0.1) is 17.5 Å². The number of nitrogens with one attached hydrogen (secondary N) is 2. The Morgan fingerprint density at radius 3 is 2.62 bits per heavy atom. The molecule has 2 saturated heterocycles. The highest BCUT2D eigenvalue weighted by Gasteiger charge is 2.51. The summed E-state index contributed by atoms with van der Waals surface area (Å²) < 4.78 is 36.6. The van der Waals surface area contributed by atoms with E-state index in [0.29, 0.717) is 25.8 Å². The van der Waals surface area contributed by atoms with Crippen molar-refractivity contribution in [3.8, 4) is 0 Å². The third-order valence-corrected chi connectivity index (χ3v) is 7.41. The molecule has 9 unspecified atom stereocenters. The number of alkyl halides is 2. The fourth-order valence-electron chi connectivity index (χ4n) is 4.21. The molecule has 0 spiro atoms. The number of hydrogen-bond donors (Lipinski definition) is 6. The third-order valence-electron chi connectivity index (χ3n) is 5.78. The summed E-state index contributed by atoms with van der Waals surface area (Å²) in [5, 5.41) is 26.0. The quantitative estimate of drug-likeness (QED) is 0.187. The molecule has 2 rings (SSSR count). The molecule has 0 aromatic heterocycles. The molecular weight excluding hydrogens is 490 g/mol. The highest BCUT2D eigenvalue weighted by atomic mass is 35.5. The molecule has 0 aromatic rings. The highest BCUT2D eigenvalue weighted by Crippen LogP contribution is 2.43. The number of phosphoric ester groups is 1. The molecule has 0 aliphatic carbocycles. The van der Waals surface area contributed by atoms with Crippen LogP contribution in [0.5, 0.6) is 0 Å². The van der Waals surface area contributed by atoms with Gasteiger partial charge < -0.3 is 35.4 Å². The van der Waals surface area contributed by atoms with Crippen LogP contribution in [0.15, 0.2) is 0 Å². The molecule has 0 aromatic carbocycles. The lowest BCUT2D eigenvalue weighted by molar-refractivity contribution is -0.201. The number of thioether (sulfide) groups is 1. The number of aliphatic hydroxyl groups excluding tert-OH is 2. The summed E-state index contributed by atoms with van der Waals surface area (Å²) in [6.45, 7) is 3.78. The maximum absolute atomic E-state index is 15.0. The number of piperidine rings is 1. The van der Waals surface area contributed by atoms with Gasteiger partial charge in [0, 0.05) is 6.42 Å². The fraction of sp³-hybridized carbons (Fsp3) is 0.944. The van der Waals surface area contributed by atoms with Crippen molar-refractivity contribution in [1.29, 1.82) is 0 Å². The van der Waals surface area contributed by atoms with E-state index in [1.54, 1.807) is 13.2 Å². The standard InChI is InChI=1S/C18H33ClFN2O8PS/c1-4-5-18(20)6-7-21-10(8-18)16(25)22-11(9(2)19)14-12(23)13(24)15(17(29-14)32-3)30-31(26,27)28/h9-15,17,21,23-24H,4-8H2,1-3H3,(H,22,25)(H2,26,27,28). The number of phosphoric acid groups is 1. The van der Waals surface area contributed by atoms with Gasteiger partial charge in [-0.1, -0.05) is 13.3 Å². The van der Waals surface area contributed by atoms with Gasteiger partial charge in [0.1, 0.15) is 35.5 Å². The summed E-state index contributed by atoms with van der Waals surface area (Å²) in [5.74, 6) is -0.514. The van der Waals surface area contributed by atoms with E-state index in [1.807, 2.05) is 6.92 Å². The van der Waals surface area contributed by atoms with E-state index in [9.17, 15) is 24.0 Å². The maximum atomic E-state index is 15.0. The van der Waals surface area contributed by atoms with Gasteiger partial charge >= 0.3 is 7.82 Å². The monoisotopic (exact) mass is 522 g/mol. The molecule has 14 heteroatoms. The van der Waals surface area contributed by atoms with E-state index >= 15 is 0 Å². The van der Waals surface area contributed by atoms with Crippen molar-refractivity contribution in [2.75, 3.05) is 12.8 Å². The molecule has 188 valence electrons. The second-order valence-electron chi connectivity index (χ2n) is 8.32. The lowest BCUT2D eigenvalue weighted by Crippen LogP contribution is -2.66. The normalized spacial score (nSPS) is 38.2. The molecule has 2 aliphatic rings. The van der Waals surface area contributed by atoms with E-state index in [2.05, 4.69) is 15.2 Å². The van der Waals surface area contributed by atoms with Crippen LogP contribution in [-0.4, -0.2) is 91.7 Å². The molecule has 0 saturated carbocycles. The summed E-state index contributed by atoms with van der Waals surface area (Å²) in [7, 11) is -4.97. The Bertz CT molecular complexity index is 685. The van der Waals surface area contributed by atoms with E-state index in [1.165, 1.54) is 0 Å². The molecule has 32 heavy (non-hydrogen) atoms. The van der Waals surface area contributed by atoms with Gasteiger partial charge in [-0.3, -0.25) is 9.32 Å². The van der Waals surface area contributed by atoms with Crippen LogP contribution in [0.2, 0.25) is 0 Å². The number of carbonyl (C=O) groups excluding carboxylic acids is 1. The number of carbonyl (C=O) groups is 1. The number of rotatable bonds is 9. The van der Waals surface area contributed by atoms with Crippen molar-refractivity contribution in [2.24, 2.45) is 0 Å². The smallest absolute Gasteiger partial charge is 0.388 e. The Balaban J connectivity index is 2.16. The lowest BCUT2D eigenvalue weighted by atomic mass is 9.85. The van der Waals surface area contributed by atoms with Crippen molar-refractivity contribution in [1.82, 2.24) is 10.6 Å². The topological polar surface area (TPSA) is 158 Å². The van der Waals surface area contributed by atoms with Crippen molar-refractivity contribution < 1.29 is 43.0 Å². The summed E-state index contributed by atoms with van der Waals surface area (Å²) in [4.78, 5) is 31.1. The van der Waals surface area contributed by atoms with Crippen molar-refractivity contribution in [2.45, 2.75) is 92.5 Å². The molecule has 2 aliphatic heterocycles. The zero-order chi connectivity index (χ0) is 24.3. The minimum Gasteiger partial charge on any atom is -0.388 e. The first-order valence-electron chi connectivity index (χ1n) is 10.5. The summed E-state index contributed by atoms with van der Waals surface area (Å²) in [6, 6.07) is -1.78. The minimum absolute atomic E-state index is 0.00159. The van der Waals surface area contributed by atoms with Gasteiger partial charge in [-0.25, -0.2) is 8.96 Å². The molecule has 9 atom stereocenters.